The van der Waals surface area contributed by atoms with Crippen LogP contribution in [0.25, 0.3) is 11.0 Å². The van der Waals surface area contributed by atoms with Gasteiger partial charge in [-0.25, -0.2) is 8.42 Å². The normalized spacial score (nSPS) is 11.4. The number of fused-ring (bicyclic) bond motifs is 1. The van der Waals surface area contributed by atoms with Gasteiger partial charge in [-0.2, -0.15) is 0 Å². The molecule has 0 spiro atoms. The number of anilines is 1. The summed E-state index contributed by atoms with van der Waals surface area (Å²) >= 11 is 0.921. The number of carbonyl (C=O) groups excluding carboxylic acids is 2. The number of ketones is 1. The van der Waals surface area contributed by atoms with E-state index < -0.39 is 10.0 Å². The molecule has 0 amide bonds. The van der Waals surface area contributed by atoms with Gasteiger partial charge in [0.05, 0.1) is 16.9 Å². The zero-order chi connectivity index (χ0) is 18.7. The Kier molecular flexibility index (Phi) is 5.15. The van der Waals surface area contributed by atoms with E-state index in [4.69, 9.17) is 4.42 Å². The summed E-state index contributed by atoms with van der Waals surface area (Å²) < 4.78 is 32.7. The lowest BCUT2D eigenvalue weighted by molar-refractivity contribution is -0.109. The predicted octanol–water partition coefficient (Wildman–Crippen LogP) is 3.70. The van der Waals surface area contributed by atoms with Crippen LogP contribution in [-0.4, -0.2) is 25.1 Å². The lowest BCUT2D eigenvalue weighted by atomic mass is 10.1. The van der Waals surface area contributed by atoms with Crippen molar-refractivity contribution in [2.75, 3.05) is 10.5 Å². The molecule has 0 saturated carbocycles. The highest BCUT2D eigenvalue weighted by Gasteiger charge is 2.16. The number of thioether (sulfide) groups is 1. The zero-order valence-electron chi connectivity index (χ0n) is 13.8. The fourth-order valence-electron chi connectivity index (χ4n) is 2.31. The first-order valence-electron chi connectivity index (χ1n) is 7.62. The third kappa shape index (κ3) is 4.14. The van der Waals surface area contributed by atoms with E-state index in [0.717, 1.165) is 17.1 Å². The molecule has 0 radical (unpaired) electrons. The second-order valence-corrected chi connectivity index (χ2v) is 8.34. The Morgan fingerprint density at radius 3 is 2.50 bits per heavy atom. The van der Waals surface area contributed by atoms with E-state index in [-0.39, 0.29) is 21.5 Å². The minimum atomic E-state index is -3.78. The Balaban J connectivity index is 1.76. The standard InChI is InChI=1S/C18H15NO5S2/c1-12(20)25-11-17(21)13-2-5-16(6-3-13)26(22,23)19-15-4-7-18-14(10-15)8-9-24-18/h2-10,19H,11H2,1H3. The first-order chi connectivity index (χ1) is 12.3. The highest BCUT2D eigenvalue weighted by Crippen LogP contribution is 2.23. The van der Waals surface area contributed by atoms with Crippen LogP contribution < -0.4 is 4.72 Å². The van der Waals surface area contributed by atoms with Crippen LogP contribution in [0.5, 0.6) is 0 Å². The van der Waals surface area contributed by atoms with Crippen molar-refractivity contribution in [1.29, 1.82) is 0 Å². The molecule has 1 aromatic heterocycles. The van der Waals surface area contributed by atoms with Gasteiger partial charge in [-0.15, -0.1) is 0 Å². The molecule has 1 N–H and O–H groups in total. The van der Waals surface area contributed by atoms with Crippen LogP contribution in [0.2, 0.25) is 0 Å². The van der Waals surface area contributed by atoms with Crippen molar-refractivity contribution in [2.24, 2.45) is 0 Å². The summed E-state index contributed by atoms with van der Waals surface area (Å²) in [6, 6.07) is 12.3. The number of benzene rings is 2. The molecular formula is C18H15NO5S2. The van der Waals surface area contributed by atoms with Gasteiger partial charge in [0.15, 0.2) is 10.9 Å². The van der Waals surface area contributed by atoms with Crippen LogP contribution in [0.15, 0.2) is 64.1 Å². The van der Waals surface area contributed by atoms with Gasteiger partial charge in [0.25, 0.3) is 10.0 Å². The van der Waals surface area contributed by atoms with Crippen LogP contribution in [0, 0.1) is 0 Å². The van der Waals surface area contributed by atoms with Gasteiger partial charge in [0.2, 0.25) is 0 Å². The lowest BCUT2D eigenvalue weighted by Gasteiger charge is -2.09. The zero-order valence-corrected chi connectivity index (χ0v) is 15.4. The average molecular weight is 389 g/mol. The molecule has 0 unspecified atom stereocenters. The average Bonchev–Trinajstić information content (AvgIpc) is 3.07. The van der Waals surface area contributed by atoms with Crippen LogP contribution >= 0.6 is 11.8 Å². The van der Waals surface area contributed by atoms with Gasteiger partial charge in [-0.1, -0.05) is 23.9 Å². The van der Waals surface area contributed by atoms with Gasteiger partial charge in [0.1, 0.15) is 5.58 Å². The van der Waals surface area contributed by atoms with Crippen molar-refractivity contribution in [3.05, 3.63) is 60.4 Å². The van der Waals surface area contributed by atoms with Crippen molar-refractivity contribution in [3.63, 3.8) is 0 Å². The Morgan fingerprint density at radius 1 is 1.08 bits per heavy atom. The molecule has 6 nitrogen and oxygen atoms in total. The number of carbonyl (C=O) groups is 2. The lowest BCUT2D eigenvalue weighted by Crippen LogP contribution is -2.13. The second-order valence-electron chi connectivity index (χ2n) is 5.51. The van der Waals surface area contributed by atoms with Crippen molar-refractivity contribution < 1.29 is 22.4 Å². The molecule has 0 aliphatic heterocycles. The summed E-state index contributed by atoms with van der Waals surface area (Å²) in [6.07, 6.45) is 1.53. The van der Waals surface area contributed by atoms with Gasteiger partial charge >= 0.3 is 0 Å². The third-order valence-corrected chi connectivity index (χ3v) is 5.81. The van der Waals surface area contributed by atoms with Crippen LogP contribution in [0.1, 0.15) is 17.3 Å². The van der Waals surface area contributed by atoms with Gasteiger partial charge in [-0.3, -0.25) is 14.3 Å². The number of nitrogens with one attached hydrogen (secondary N) is 1. The van der Waals surface area contributed by atoms with E-state index in [2.05, 4.69) is 4.72 Å². The highest BCUT2D eigenvalue weighted by atomic mass is 32.2. The highest BCUT2D eigenvalue weighted by molar-refractivity contribution is 8.14. The molecule has 2 aromatic carbocycles. The summed E-state index contributed by atoms with van der Waals surface area (Å²) in [6.45, 7) is 1.39. The minimum Gasteiger partial charge on any atom is -0.464 e. The molecule has 0 atom stereocenters. The number of hydrogen-bond acceptors (Lipinski definition) is 6. The topological polar surface area (TPSA) is 93.5 Å². The van der Waals surface area contributed by atoms with Crippen molar-refractivity contribution >= 4 is 49.3 Å². The van der Waals surface area contributed by atoms with E-state index in [9.17, 15) is 18.0 Å². The molecule has 3 rings (SSSR count). The molecule has 0 aliphatic rings. The fraction of sp³-hybridized carbons (Fsp3) is 0.111. The van der Waals surface area contributed by atoms with Crippen LogP contribution in [0.4, 0.5) is 5.69 Å². The molecule has 8 heteroatoms. The molecule has 0 saturated heterocycles. The summed E-state index contributed by atoms with van der Waals surface area (Å²) in [5.41, 5.74) is 1.44. The number of hydrogen-bond donors (Lipinski definition) is 1. The molecule has 134 valence electrons. The predicted molar refractivity (Wildman–Crippen MR) is 101 cm³/mol. The van der Waals surface area contributed by atoms with Gasteiger partial charge in [0, 0.05) is 23.6 Å². The monoisotopic (exact) mass is 389 g/mol. The van der Waals surface area contributed by atoms with Crippen LogP contribution in [0.3, 0.4) is 0 Å². The molecule has 3 aromatic rings. The number of Topliss-reactive ketones (excluding diaryl/α,β-unsaturated/α-hetero) is 1. The first kappa shape index (κ1) is 18.2. The number of rotatable bonds is 6. The third-order valence-electron chi connectivity index (χ3n) is 3.60. The van der Waals surface area contributed by atoms with Crippen molar-refractivity contribution in [2.45, 2.75) is 11.8 Å². The fourth-order valence-corrected chi connectivity index (χ4v) is 3.87. The molecule has 0 fully saturated rings. The number of sulfonamides is 1. The molecule has 1 heterocycles. The van der Waals surface area contributed by atoms with Crippen LogP contribution in [-0.2, 0) is 14.8 Å². The van der Waals surface area contributed by atoms with Crippen molar-refractivity contribution in [1.82, 2.24) is 0 Å². The van der Waals surface area contributed by atoms with E-state index >= 15 is 0 Å². The van der Waals surface area contributed by atoms with E-state index in [1.807, 2.05) is 0 Å². The van der Waals surface area contributed by atoms with Gasteiger partial charge < -0.3 is 4.42 Å². The summed E-state index contributed by atoms with van der Waals surface area (Å²) in [5.74, 6) is -0.197. The number of furan rings is 1. The molecular weight excluding hydrogens is 374 g/mol. The quantitative estimate of drug-likeness (QED) is 0.646. The van der Waals surface area contributed by atoms with E-state index in [1.165, 1.54) is 37.5 Å². The van der Waals surface area contributed by atoms with Crippen molar-refractivity contribution in [3.8, 4) is 0 Å². The largest absolute Gasteiger partial charge is 0.464 e. The molecule has 26 heavy (non-hydrogen) atoms. The Morgan fingerprint density at radius 2 is 1.81 bits per heavy atom. The van der Waals surface area contributed by atoms with E-state index in [0.29, 0.717) is 16.8 Å². The SMILES string of the molecule is CC(=O)SCC(=O)c1ccc(S(=O)(=O)Nc2ccc3occc3c2)cc1. The summed E-state index contributed by atoms with van der Waals surface area (Å²) in [7, 11) is -3.78. The first-order valence-corrected chi connectivity index (χ1v) is 10.1. The second kappa shape index (κ2) is 7.35. The van der Waals surface area contributed by atoms with E-state index in [1.54, 1.807) is 24.3 Å². The smallest absolute Gasteiger partial charge is 0.261 e. The minimum absolute atomic E-state index is 0.0321. The molecule has 0 aliphatic carbocycles. The Hall–Kier alpha value is -2.58. The van der Waals surface area contributed by atoms with Gasteiger partial charge in [-0.05, 0) is 36.4 Å². The summed E-state index contributed by atoms with van der Waals surface area (Å²) in [5, 5.41) is 0.644. The molecule has 0 bridgehead atoms. The summed E-state index contributed by atoms with van der Waals surface area (Å²) in [4.78, 5) is 22.9. The Labute approximate surface area is 154 Å². The maximum Gasteiger partial charge on any atom is 0.261 e. The maximum atomic E-state index is 12.5. The maximum absolute atomic E-state index is 12.5. The Bertz CT molecular complexity index is 1070.